The van der Waals surface area contributed by atoms with Crippen molar-refractivity contribution in [3.8, 4) is 5.69 Å². The van der Waals surface area contributed by atoms with Gasteiger partial charge in [0, 0.05) is 32.9 Å². The van der Waals surface area contributed by atoms with Gasteiger partial charge in [0.1, 0.15) is 0 Å². The number of allylic oxidation sites excluding steroid dienone is 4. The van der Waals surface area contributed by atoms with E-state index >= 15 is 0 Å². The average molecular weight is 701 g/mol. The summed E-state index contributed by atoms with van der Waals surface area (Å²) in [4.78, 5) is 2.35. The Hall–Kier alpha value is -7.16. The highest BCUT2D eigenvalue weighted by Crippen LogP contribution is 2.43. The molecule has 1 aromatic heterocycles. The van der Waals surface area contributed by atoms with Gasteiger partial charge in [-0.05, 0) is 97.9 Å². The van der Waals surface area contributed by atoms with Crippen LogP contribution in [0.2, 0.25) is 0 Å². The summed E-state index contributed by atoms with van der Waals surface area (Å²) in [6.45, 7) is 4.71. The quantitative estimate of drug-likeness (QED) is 0.167. The van der Waals surface area contributed by atoms with Crippen molar-refractivity contribution < 1.29 is 0 Å². The number of para-hydroxylation sites is 2. The molecule has 55 heavy (non-hydrogen) atoms. The molecule has 0 saturated carbocycles. The van der Waals surface area contributed by atoms with Gasteiger partial charge in [0.15, 0.2) is 0 Å². The Labute approximate surface area is 319 Å². The highest BCUT2D eigenvalue weighted by molar-refractivity contribution is 6.16. The van der Waals surface area contributed by atoms with E-state index < -0.39 is 0 Å². The van der Waals surface area contributed by atoms with Gasteiger partial charge in [0.25, 0.3) is 0 Å². The van der Waals surface area contributed by atoms with Crippen LogP contribution in [-0.2, 0) is 6.42 Å². The Morgan fingerprint density at radius 3 is 1.67 bits per heavy atom. The Morgan fingerprint density at radius 2 is 0.945 bits per heavy atom. The predicted octanol–water partition coefficient (Wildman–Crippen LogP) is 14.2. The van der Waals surface area contributed by atoms with Gasteiger partial charge in [0.05, 0.1) is 22.4 Å². The highest BCUT2D eigenvalue weighted by atomic mass is 15.1. The number of benzene rings is 9. The number of anilines is 2. The molecule has 2 heterocycles. The van der Waals surface area contributed by atoms with E-state index in [1.165, 1.54) is 87.3 Å². The van der Waals surface area contributed by atoms with E-state index in [1.807, 2.05) is 0 Å². The number of hydrogen-bond donors (Lipinski definition) is 0. The predicted molar refractivity (Wildman–Crippen MR) is 236 cm³/mol. The van der Waals surface area contributed by atoms with Crippen LogP contribution in [0.4, 0.5) is 11.4 Å². The Balaban J connectivity index is 1.07. The maximum absolute atomic E-state index is 4.71. The molecule has 0 fully saturated rings. The van der Waals surface area contributed by atoms with Gasteiger partial charge in [-0.1, -0.05) is 158 Å². The average Bonchev–Trinajstić information content (AvgIpc) is 3.60. The summed E-state index contributed by atoms with van der Waals surface area (Å²) in [5.41, 5.74) is 10.4. The molecule has 0 amide bonds. The Bertz CT molecular complexity index is 3260. The van der Waals surface area contributed by atoms with Crippen LogP contribution in [0.1, 0.15) is 11.1 Å². The van der Waals surface area contributed by atoms with Crippen molar-refractivity contribution in [1.29, 1.82) is 0 Å². The highest BCUT2D eigenvalue weighted by Gasteiger charge is 2.21. The summed E-state index contributed by atoms with van der Waals surface area (Å²) in [6, 6.07) is 64.2. The topological polar surface area (TPSA) is 8.17 Å². The molecule has 0 unspecified atom stereocenters. The zero-order chi connectivity index (χ0) is 36.5. The van der Waals surface area contributed by atoms with Crippen molar-refractivity contribution in [3.63, 3.8) is 0 Å². The third-order valence-corrected chi connectivity index (χ3v) is 11.5. The van der Waals surface area contributed by atoms with Gasteiger partial charge in [-0.15, -0.1) is 0 Å². The van der Waals surface area contributed by atoms with Gasteiger partial charge in [-0.25, -0.2) is 0 Å². The third kappa shape index (κ3) is 4.96. The largest absolute Gasteiger partial charge is 0.310 e. The number of aromatic nitrogens is 1. The van der Waals surface area contributed by atoms with Crippen LogP contribution in [-0.4, -0.2) is 4.57 Å². The van der Waals surface area contributed by atoms with Crippen LogP contribution in [0.3, 0.4) is 0 Å². The standard InChI is InChI=1S/C53H36N2/c1-35-26-27-36(28-29-37-14-4-12-24-49(37)54(35)52-33-39-15-2-5-17-41(39)43-19-7-9-21-45(43)52)38-30-31-51-48(32-38)47-23-11-13-25-50(47)55(51)53-34-40-16-3-6-18-42(40)44-20-8-10-22-46(44)53/h2-28,30-34H,1,29H2/b27-26-,36-28+. The van der Waals surface area contributed by atoms with Crippen LogP contribution in [0, 0.1) is 0 Å². The molecule has 0 atom stereocenters. The lowest BCUT2D eigenvalue weighted by atomic mass is 9.98. The summed E-state index contributed by atoms with van der Waals surface area (Å²) >= 11 is 0. The van der Waals surface area contributed by atoms with E-state index in [1.54, 1.807) is 0 Å². The fourth-order valence-corrected chi connectivity index (χ4v) is 8.95. The molecule has 0 bridgehead atoms. The molecular formula is C53H36N2. The van der Waals surface area contributed by atoms with Gasteiger partial charge in [-0.3, -0.25) is 0 Å². The fraction of sp³-hybridized carbons (Fsp3) is 0.0189. The first-order chi connectivity index (χ1) is 27.2. The van der Waals surface area contributed by atoms with Crippen LogP contribution in [0.25, 0.3) is 76.2 Å². The minimum atomic E-state index is 0.786. The van der Waals surface area contributed by atoms with E-state index in [0.29, 0.717) is 0 Å². The van der Waals surface area contributed by atoms with E-state index in [-0.39, 0.29) is 0 Å². The van der Waals surface area contributed by atoms with Crippen LogP contribution < -0.4 is 4.90 Å². The van der Waals surface area contributed by atoms with E-state index in [9.17, 15) is 0 Å². The van der Waals surface area contributed by atoms with E-state index in [4.69, 9.17) is 6.58 Å². The summed E-state index contributed by atoms with van der Waals surface area (Å²) in [6.07, 6.45) is 7.60. The molecule has 10 aromatic rings. The Morgan fingerprint density at radius 1 is 0.400 bits per heavy atom. The zero-order valence-electron chi connectivity index (χ0n) is 30.3. The zero-order valence-corrected chi connectivity index (χ0v) is 30.3. The first-order valence-electron chi connectivity index (χ1n) is 19.0. The first kappa shape index (κ1) is 31.4. The van der Waals surface area contributed by atoms with E-state index in [0.717, 1.165) is 23.5 Å². The molecule has 9 aromatic carbocycles. The van der Waals surface area contributed by atoms with Crippen molar-refractivity contribution in [3.05, 3.63) is 218 Å². The molecule has 2 heteroatoms. The molecule has 0 spiro atoms. The second-order valence-corrected chi connectivity index (χ2v) is 14.6. The first-order valence-corrected chi connectivity index (χ1v) is 19.0. The summed E-state index contributed by atoms with van der Waals surface area (Å²) in [5, 5.41) is 12.4. The summed E-state index contributed by atoms with van der Waals surface area (Å²) < 4.78 is 2.46. The molecule has 1 aliphatic heterocycles. The molecule has 258 valence electrons. The van der Waals surface area contributed by atoms with Crippen molar-refractivity contribution >= 4 is 81.8 Å². The molecule has 1 aliphatic rings. The second-order valence-electron chi connectivity index (χ2n) is 14.6. The van der Waals surface area contributed by atoms with Crippen molar-refractivity contribution in [2.45, 2.75) is 6.42 Å². The van der Waals surface area contributed by atoms with Gasteiger partial charge < -0.3 is 9.47 Å². The minimum absolute atomic E-state index is 0.786. The van der Waals surface area contributed by atoms with Crippen LogP contribution >= 0.6 is 0 Å². The molecule has 11 rings (SSSR count). The van der Waals surface area contributed by atoms with Crippen molar-refractivity contribution in [2.75, 3.05) is 4.90 Å². The normalized spacial score (nSPS) is 14.9. The van der Waals surface area contributed by atoms with E-state index in [2.05, 4.69) is 204 Å². The third-order valence-electron chi connectivity index (χ3n) is 11.5. The number of fused-ring (bicyclic) bond motifs is 10. The molecule has 0 N–H and O–H groups in total. The molecule has 0 radical (unpaired) electrons. The van der Waals surface area contributed by atoms with Gasteiger partial charge in [0.2, 0.25) is 0 Å². The lowest BCUT2D eigenvalue weighted by molar-refractivity contribution is 1.17. The molecule has 2 nitrogen and oxygen atoms in total. The smallest absolute Gasteiger partial charge is 0.0546 e. The number of hydrogen-bond acceptors (Lipinski definition) is 1. The van der Waals surface area contributed by atoms with Gasteiger partial charge >= 0.3 is 0 Å². The molecular weight excluding hydrogens is 665 g/mol. The lowest BCUT2D eigenvalue weighted by Crippen LogP contribution is -2.16. The van der Waals surface area contributed by atoms with Crippen molar-refractivity contribution in [2.24, 2.45) is 0 Å². The lowest BCUT2D eigenvalue weighted by Gasteiger charge is -2.29. The van der Waals surface area contributed by atoms with Crippen LogP contribution in [0.15, 0.2) is 206 Å². The SMILES string of the molecule is C=C1/C=C\C(c2ccc3c(c2)c2ccccc2n3-c2cc3ccccc3c3ccccc23)=C/Cc2ccccc2N1c1cc2ccccc2c2ccccc12. The maximum atomic E-state index is 4.71. The number of rotatable bonds is 3. The monoisotopic (exact) mass is 700 g/mol. The van der Waals surface area contributed by atoms with Gasteiger partial charge in [-0.2, -0.15) is 0 Å². The molecule has 0 aliphatic carbocycles. The Kier molecular flexibility index (Phi) is 7.11. The van der Waals surface area contributed by atoms with Crippen LogP contribution in [0.5, 0.6) is 0 Å². The minimum Gasteiger partial charge on any atom is -0.310 e. The summed E-state index contributed by atoms with van der Waals surface area (Å²) in [7, 11) is 0. The van der Waals surface area contributed by atoms with Crippen molar-refractivity contribution in [1.82, 2.24) is 4.57 Å². The maximum Gasteiger partial charge on any atom is 0.0546 e. The second kappa shape index (κ2) is 12.5. The summed E-state index contributed by atoms with van der Waals surface area (Å²) in [5.74, 6) is 0. The fourth-order valence-electron chi connectivity index (χ4n) is 8.95. The number of nitrogens with zero attached hydrogens (tertiary/aromatic N) is 2. The molecule has 0 saturated heterocycles.